The number of amides is 1. The molecule has 142 valence electrons. The molecule has 0 heterocycles. The molecule has 0 spiro atoms. The van der Waals surface area contributed by atoms with Gasteiger partial charge in [0.05, 0.1) is 0 Å². The smallest absolute Gasteiger partial charge is 0.248 e. The standard InChI is InChI=1S/C25H25NO2/c1-18-15-19(2)25(20(3)16-18)26-24(27)14-11-21-9-12-23(13-10-21)28-17-22-7-5-4-6-8-22/h4-16H,17H2,1-3H3,(H,26,27). The van der Waals surface area contributed by atoms with Gasteiger partial charge in [-0.25, -0.2) is 0 Å². The van der Waals surface area contributed by atoms with Crippen LogP contribution < -0.4 is 10.1 Å². The van der Waals surface area contributed by atoms with E-state index in [9.17, 15) is 4.79 Å². The minimum Gasteiger partial charge on any atom is -0.489 e. The van der Waals surface area contributed by atoms with E-state index in [1.54, 1.807) is 12.2 Å². The number of rotatable bonds is 6. The normalized spacial score (nSPS) is 10.8. The zero-order chi connectivity index (χ0) is 19.9. The first kappa shape index (κ1) is 19.4. The summed E-state index contributed by atoms with van der Waals surface area (Å²) in [5.41, 5.74) is 6.28. The first-order valence-electron chi connectivity index (χ1n) is 9.35. The molecule has 0 aliphatic carbocycles. The fourth-order valence-corrected chi connectivity index (χ4v) is 3.13. The van der Waals surface area contributed by atoms with Crippen molar-refractivity contribution in [3.05, 3.63) is 101 Å². The van der Waals surface area contributed by atoms with E-state index in [2.05, 4.69) is 24.4 Å². The Morgan fingerprint density at radius 1 is 0.929 bits per heavy atom. The van der Waals surface area contributed by atoms with Gasteiger partial charge in [-0.15, -0.1) is 0 Å². The van der Waals surface area contributed by atoms with Gasteiger partial charge in [-0.05, 0) is 61.2 Å². The Balaban J connectivity index is 1.57. The molecule has 0 atom stereocenters. The lowest BCUT2D eigenvalue weighted by molar-refractivity contribution is -0.111. The van der Waals surface area contributed by atoms with Crippen LogP contribution in [0.25, 0.3) is 6.08 Å². The van der Waals surface area contributed by atoms with Crippen molar-refractivity contribution in [3.63, 3.8) is 0 Å². The average molecular weight is 371 g/mol. The molecule has 0 aliphatic heterocycles. The summed E-state index contributed by atoms with van der Waals surface area (Å²) in [7, 11) is 0. The van der Waals surface area contributed by atoms with Crippen molar-refractivity contribution < 1.29 is 9.53 Å². The lowest BCUT2D eigenvalue weighted by Gasteiger charge is -2.11. The van der Waals surface area contributed by atoms with Crippen LogP contribution in [0, 0.1) is 20.8 Å². The maximum absolute atomic E-state index is 12.3. The molecule has 3 rings (SSSR count). The third-order valence-corrected chi connectivity index (χ3v) is 4.48. The molecule has 3 aromatic carbocycles. The molecular weight excluding hydrogens is 346 g/mol. The lowest BCUT2D eigenvalue weighted by Crippen LogP contribution is -2.10. The Morgan fingerprint density at radius 2 is 1.57 bits per heavy atom. The maximum Gasteiger partial charge on any atom is 0.248 e. The van der Waals surface area contributed by atoms with Crippen LogP contribution in [0.5, 0.6) is 5.75 Å². The number of anilines is 1. The topological polar surface area (TPSA) is 38.3 Å². The second kappa shape index (κ2) is 9.05. The Hall–Kier alpha value is -3.33. The number of ether oxygens (including phenoxy) is 1. The van der Waals surface area contributed by atoms with Crippen molar-refractivity contribution in [1.29, 1.82) is 0 Å². The highest BCUT2D eigenvalue weighted by atomic mass is 16.5. The van der Waals surface area contributed by atoms with Gasteiger partial charge in [-0.3, -0.25) is 4.79 Å². The van der Waals surface area contributed by atoms with Gasteiger partial charge in [0.2, 0.25) is 5.91 Å². The van der Waals surface area contributed by atoms with Gasteiger partial charge in [0.1, 0.15) is 12.4 Å². The largest absolute Gasteiger partial charge is 0.489 e. The molecule has 3 nitrogen and oxygen atoms in total. The fraction of sp³-hybridized carbons (Fsp3) is 0.160. The highest BCUT2D eigenvalue weighted by Gasteiger charge is 2.06. The van der Waals surface area contributed by atoms with E-state index in [0.717, 1.165) is 33.7 Å². The van der Waals surface area contributed by atoms with Crippen LogP contribution in [0.4, 0.5) is 5.69 Å². The Kier molecular flexibility index (Phi) is 6.28. The van der Waals surface area contributed by atoms with Crippen molar-refractivity contribution in [2.75, 3.05) is 5.32 Å². The van der Waals surface area contributed by atoms with Crippen LogP contribution in [0.2, 0.25) is 0 Å². The number of carbonyl (C=O) groups is 1. The van der Waals surface area contributed by atoms with Gasteiger partial charge in [0.25, 0.3) is 0 Å². The molecule has 1 amide bonds. The SMILES string of the molecule is Cc1cc(C)c(NC(=O)C=Cc2ccc(OCc3ccccc3)cc2)c(C)c1. The van der Waals surface area contributed by atoms with E-state index in [-0.39, 0.29) is 5.91 Å². The summed E-state index contributed by atoms with van der Waals surface area (Å²) < 4.78 is 5.78. The number of hydrogen-bond donors (Lipinski definition) is 1. The number of carbonyl (C=O) groups excluding carboxylic acids is 1. The van der Waals surface area contributed by atoms with E-state index in [1.165, 1.54) is 5.56 Å². The predicted octanol–water partition coefficient (Wildman–Crippen LogP) is 5.84. The van der Waals surface area contributed by atoms with Crippen LogP contribution in [-0.2, 0) is 11.4 Å². The summed E-state index contributed by atoms with van der Waals surface area (Å²) in [5.74, 6) is 0.663. The molecule has 0 radical (unpaired) electrons. The van der Waals surface area contributed by atoms with Crippen molar-refractivity contribution in [2.45, 2.75) is 27.4 Å². The molecule has 0 bridgehead atoms. The summed E-state index contributed by atoms with van der Waals surface area (Å²) in [6.07, 6.45) is 3.35. The van der Waals surface area contributed by atoms with Crippen molar-refractivity contribution in [3.8, 4) is 5.75 Å². The monoisotopic (exact) mass is 371 g/mol. The van der Waals surface area contributed by atoms with Crippen LogP contribution in [0.15, 0.2) is 72.8 Å². The molecule has 0 aromatic heterocycles. The Morgan fingerprint density at radius 3 is 2.21 bits per heavy atom. The van der Waals surface area contributed by atoms with E-state index in [4.69, 9.17) is 4.74 Å². The second-order valence-electron chi connectivity index (χ2n) is 6.94. The van der Waals surface area contributed by atoms with E-state index in [1.807, 2.05) is 68.4 Å². The molecule has 0 saturated carbocycles. The Bertz CT molecular complexity index is 950. The lowest BCUT2D eigenvalue weighted by atomic mass is 10.1. The predicted molar refractivity (Wildman–Crippen MR) is 116 cm³/mol. The van der Waals surface area contributed by atoms with Gasteiger partial charge < -0.3 is 10.1 Å². The van der Waals surface area contributed by atoms with Crippen LogP contribution >= 0.6 is 0 Å². The zero-order valence-corrected chi connectivity index (χ0v) is 16.5. The summed E-state index contributed by atoms with van der Waals surface area (Å²) in [4.78, 5) is 12.3. The third-order valence-electron chi connectivity index (χ3n) is 4.48. The molecule has 1 N–H and O–H groups in total. The van der Waals surface area contributed by atoms with Crippen LogP contribution in [0.3, 0.4) is 0 Å². The summed E-state index contributed by atoms with van der Waals surface area (Å²) in [6, 6.07) is 21.9. The molecule has 0 aliphatic rings. The minimum atomic E-state index is -0.139. The quantitative estimate of drug-likeness (QED) is 0.553. The van der Waals surface area contributed by atoms with E-state index in [0.29, 0.717) is 6.61 Å². The first-order chi connectivity index (χ1) is 13.5. The molecular formula is C25H25NO2. The molecule has 0 fully saturated rings. The molecule has 3 aromatic rings. The zero-order valence-electron chi connectivity index (χ0n) is 16.5. The van der Waals surface area contributed by atoms with Gasteiger partial charge in [-0.1, -0.05) is 60.2 Å². The van der Waals surface area contributed by atoms with Gasteiger partial charge in [0, 0.05) is 11.8 Å². The van der Waals surface area contributed by atoms with Crippen molar-refractivity contribution in [1.82, 2.24) is 0 Å². The highest BCUT2D eigenvalue weighted by Crippen LogP contribution is 2.22. The minimum absolute atomic E-state index is 0.139. The third kappa shape index (κ3) is 5.34. The fourth-order valence-electron chi connectivity index (χ4n) is 3.13. The van der Waals surface area contributed by atoms with Gasteiger partial charge >= 0.3 is 0 Å². The maximum atomic E-state index is 12.3. The van der Waals surface area contributed by atoms with Crippen molar-refractivity contribution >= 4 is 17.7 Å². The number of nitrogens with one attached hydrogen (secondary N) is 1. The molecule has 0 unspecified atom stereocenters. The number of benzene rings is 3. The first-order valence-corrected chi connectivity index (χ1v) is 9.35. The molecule has 0 saturated heterocycles. The van der Waals surface area contributed by atoms with Gasteiger partial charge in [-0.2, -0.15) is 0 Å². The Labute approximate surface area is 166 Å². The number of hydrogen-bond acceptors (Lipinski definition) is 2. The summed E-state index contributed by atoms with van der Waals surface area (Å²) in [6.45, 7) is 6.60. The van der Waals surface area contributed by atoms with Gasteiger partial charge in [0.15, 0.2) is 0 Å². The average Bonchev–Trinajstić information content (AvgIpc) is 2.69. The summed E-state index contributed by atoms with van der Waals surface area (Å²) >= 11 is 0. The van der Waals surface area contributed by atoms with Crippen LogP contribution in [0.1, 0.15) is 27.8 Å². The highest BCUT2D eigenvalue weighted by molar-refractivity contribution is 6.02. The number of aryl methyl sites for hydroxylation is 3. The molecule has 28 heavy (non-hydrogen) atoms. The van der Waals surface area contributed by atoms with E-state index >= 15 is 0 Å². The second-order valence-corrected chi connectivity index (χ2v) is 6.94. The summed E-state index contributed by atoms with van der Waals surface area (Å²) in [5, 5.41) is 2.98. The molecule has 3 heteroatoms. The van der Waals surface area contributed by atoms with Crippen molar-refractivity contribution in [2.24, 2.45) is 0 Å². The van der Waals surface area contributed by atoms with Crippen LogP contribution in [-0.4, -0.2) is 5.91 Å². The van der Waals surface area contributed by atoms with E-state index < -0.39 is 0 Å².